The number of fused-ring (bicyclic) bond motifs is 1. The Morgan fingerprint density at radius 3 is 2.82 bits per heavy atom. The van der Waals surface area contributed by atoms with E-state index in [9.17, 15) is 13.2 Å². The third kappa shape index (κ3) is 4.05. The number of carbonyl (C=O) groups is 1. The molecule has 2 aliphatic rings. The summed E-state index contributed by atoms with van der Waals surface area (Å²) in [5.74, 6) is -0.0249. The Kier molecular flexibility index (Phi) is 6.34. The zero-order valence-corrected chi connectivity index (χ0v) is 16.9. The van der Waals surface area contributed by atoms with Gasteiger partial charge in [0.2, 0.25) is 15.9 Å². The van der Waals surface area contributed by atoms with Crippen molar-refractivity contribution in [2.75, 3.05) is 25.0 Å². The summed E-state index contributed by atoms with van der Waals surface area (Å²) < 4.78 is 28.3. The minimum atomic E-state index is -3.67. The first-order valence-electron chi connectivity index (χ1n) is 9.11. The highest BCUT2D eigenvalue weighted by atomic mass is 35.5. The molecule has 1 aromatic heterocycles. The smallest absolute Gasteiger partial charge is 0.243 e. The Morgan fingerprint density at radius 2 is 2.04 bits per heavy atom. The lowest BCUT2D eigenvalue weighted by Gasteiger charge is -2.35. The molecule has 2 N–H and O–H groups in total. The zero-order valence-electron chi connectivity index (χ0n) is 15.3. The molecule has 0 aliphatic carbocycles. The van der Waals surface area contributed by atoms with Crippen molar-refractivity contribution in [2.24, 2.45) is 0 Å². The maximum Gasteiger partial charge on any atom is 0.243 e. The van der Waals surface area contributed by atoms with Crippen LogP contribution in [0.5, 0.6) is 0 Å². The molecule has 0 radical (unpaired) electrons. The number of amides is 1. The summed E-state index contributed by atoms with van der Waals surface area (Å²) >= 11 is 0. The van der Waals surface area contributed by atoms with Crippen LogP contribution in [0, 0.1) is 0 Å². The molecule has 0 saturated carbocycles. The largest absolute Gasteiger partial charge is 0.326 e. The van der Waals surface area contributed by atoms with Crippen LogP contribution in [0.3, 0.4) is 0 Å². The Balaban J connectivity index is 0.00000225. The lowest BCUT2D eigenvalue weighted by molar-refractivity contribution is -0.116. The number of aromatic nitrogens is 1. The third-order valence-electron chi connectivity index (χ3n) is 5.07. The lowest BCUT2D eigenvalue weighted by Crippen LogP contribution is -2.48. The Labute approximate surface area is 171 Å². The molecule has 1 fully saturated rings. The molecule has 1 atom stereocenters. The van der Waals surface area contributed by atoms with E-state index in [1.807, 2.05) is 12.1 Å². The van der Waals surface area contributed by atoms with E-state index in [0.29, 0.717) is 44.6 Å². The van der Waals surface area contributed by atoms with E-state index in [0.717, 1.165) is 11.1 Å². The van der Waals surface area contributed by atoms with Gasteiger partial charge in [-0.3, -0.25) is 9.78 Å². The first kappa shape index (κ1) is 20.7. The standard InChI is InChI=1S/C19H22N4O3S.ClH/c24-19-5-1-3-14-11-16(6-7-17(14)22-19)27(25,26)23-10-9-21-13-18(23)15-4-2-8-20-12-15;/h2,4,6-8,11-12,18,21H,1,3,5,9-10,13H2,(H,22,24);1H. The number of piperazine rings is 1. The van der Waals surface area contributed by atoms with Crippen molar-refractivity contribution >= 4 is 34.0 Å². The highest BCUT2D eigenvalue weighted by molar-refractivity contribution is 7.89. The number of hydrogen-bond acceptors (Lipinski definition) is 5. The molecular weight excluding hydrogens is 400 g/mol. The molecule has 1 aromatic carbocycles. The molecule has 150 valence electrons. The van der Waals surface area contributed by atoms with Crippen molar-refractivity contribution in [3.05, 3.63) is 53.9 Å². The number of sulfonamides is 1. The second-order valence-corrected chi connectivity index (χ2v) is 8.73. The van der Waals surface area contributed by atoms with Gasteiger partial charge in [-0.2, -0.15) is 4.31 Å². The van der Waals surface area contributed by atoms with Gasteiger partial charge in [-0.1, -0.05) is 6.07 Å². The molecule has 0 bridgehead atoms. The lowest BCUT2D eigenvalue weighted by atomic mass is 10.1. The molecule has 28 heavy (non-hydrogen) atoms. The van der Waals surface area contributed by atoms with Crippen molar-refractivity contribution < 1.29 is 13.2 Å². The number of aryl methyl sites for hydroxylation is 1. The third-order valence-corrected chi connectivity index (χ3v) is 6.97. The number of rotatable bonds is 3. The maximum atomic E-state index is 13.4. The highest BCUT2D eigenvalue weighted by Gasteiger charge is 2.35. The van der Waals surface area contributed by atoms with Crippen LogP contribution >= 0.6 is 12.4 Å². The first-order valence-corrected chi connectivity index (χ1v) is 10.5. The van der Waals surface area contributed by atoms with Gasteiger partial charge in [0.15, 0.2) is 0 Å². The van der Waals surface area contributed by atoms with Crippen LogP contribution in [0.1, 0.15) is 30.0 Å². The van der Waals surface area contributed by atoms with Gasteiger partial charge in [0, 0.05) is 44.1 Å². The summed E-state index contributed by atoms with van der Waals surface area (Å²) in [6.45, 7) is 1.55. The van der Waals surface area contributed by atoms with Crippen LogP contribution < -0.4 is 10.6 Å². The first-order chi connectivity index (χ1) is 13.1. The minimum absolute atomic E-state index is 0. The second kappa shape index (κ2) is 8.57. The summed E-state index contributed by atoms with van der Waals surface area (Å²) in [6.07, 6.45) is 5.25. The number of halogens is 1. The average Bonchev–Trinajstić information content (AvgIpc) is 2.88. The molecule has 4 rings (SSSR count). The number of hydrogen-bond donors (Lipinski definition) is 2. The molecule has 9 heteroatoms. The number of nitrogens with zero attached hydrogens (tertiary/aromatic N) is 2. The average molecular weight is 423 g/mol. The van der Waals surface area contributed by atoms with E-state index in [1.165, 1.54) is 0 Å². The quantitative estimate of drug-likeness (QED) is 0.790. The van der Waals surface area contributed by atoms with Crippen LogP contribution in [0.2, 0.25) is 0 Å². The number of anilines is 1. The van der Waals surface area contributed by atoms with E-state index in [-0.39, 0.29) is 29.3 Å². The fraction of sp³-hybridized carbons (Fsp3) is 0.368. The second-order valence-electron chi connectivity index (χ2n) is 6.84. The van der Waals surface area contributed by atoms with Gasteiger partial charge in [0.05, 0.1) is 10.9 Å². The molecule has 2 aromatic rings. The van der Waals surface area contributed by atoms with Gasteiger partial charge in [-0.05, 0) is 48.2 Å². The monoisotopic (exact) mass is 422 g/mol. The zero-order chi connectivity index (χ0) is 18.9. The summed E-state index contributed by atoms with van der Waals surface area (Å²) in [4.78, 5) is 16.1. The maximum absolute atomic E-state index is 13.4. The van der Waals surface area contributed by atoms with Crippen molar-refractivity contribution in [3.63, 3.8) is 0 Å². The van der Waals surface area contributed by atoms with E-state index in [2.05, 4.69) is 15.6 Å². The predicted octanol–water partition coefficient (Wildman–Crippen LogP) is 2.11. The van der Waals surface area contributed by atoms with Gasteiger partial charge >= 0.3 is 0 Å². The summed E-state index contributed by atoms with van der Waals surface area (Å²) in [7, 11) is -3.67. The molecule has 1 saturated heterocycles. The van der Waals surface area contributed by atoms with Gasteiger partial charge in [-0.25, -0.2) is 8.42 Å². The van der Waals surface area contributed by atoms with Gasteiger partial charge in [-0.15, -0.1) is 12.4 Å². The van der Waals surface area contributed by atoms with E-state index >= 15 is 0 Å². The fourth-order valence-corrected chi connectivity index (χ4v) is 5.34. The minimum Gasteiger partial charge on any atom is -0.326 e. The molecule has 1 amide bonds. The van der Waals surface area contributed by atoms with Crippen LogP contribution in [0.15, 0.2) is 47.6 Å². The van der Waals surface area contributed by atoms with Crippen molar-refractivity contribution in [1.82, 2.24) is 14.6 Å². The van der Waals surface area contributed by atoms with E-state index in [4.69, 9.17) is 0 Å². The Morgan fingerprint density at radius 1 is 1.18 bits per heavy atom. The Hall–Kier alpha value is -2.00. The number of carbonyl (C=O) groups excluding carboxylic acids is 1. The van der Waals surface area contributed by atoms with E-state index < -0.39 is 10.0 Å². The molecule has 1 unspecified atom stereocenters. The fourth-order valence-electron chi connectivity index (χ4n) is 3.68. The topological polar surface area (TPSA) is 91.4 Å². The van der Waals surface area contributed by atoms with Gasteiger partial charge in [0.1, 0.15) is 0 Å². The molecule has 2 aliphatic heterocycles. The van der Waals surface area contributed by atoms with Crippen LogP contribution in [-0.2, 0) is 21.2 Å². The van der Waals surface area contributed by atoms with Crippen molar-refractivity contribution in [2.45, 2.75) is 30.2 Å². The molecule has 3 heterocycles. The van der Waals surface area contributed by atoms with Gasteiger partial charge in [0.25, 0.3) is 0 Å². The number of nitrogens with one attached hydrogen (secondary N) is 2. The van der Waals surface area contributed by atoms with Gasteiger partial charge < -0.3 is 10.6 Å². The molecule has 0 spiro atoms. The number of pyridine rings is 1. The number of benzene rings is 1. The highest BCUT2D eigenvalue weighted by Crippen LogP contribution is 2.31. The van der Waals surface area contributed by atoms with Crippen LogP contribution in [0.4, 0.5) is 5.69 Å². The van der Waals surface area contributed by atoms with Crippen LogP contribution in [0.25, 0.3) is 0 Å². The molecule has 7 nitrogen and oxygen atoms in total. The van der Waals surface area contributed by atoms with Crippen LogP contribution in [-0.4, -0.2) is 43.2 Å². The molecular formula is C19H23ClN4O3S. The van der Waals surface area contributed by atoms with Crippen molar-refractivity contribution in [1.29, 1.82) is 0 Å². The summed E-state index contributed by atoms with van der Waals surface area (Å²) in [6, 6.07) is 8.42. The SMILES string of the molecule is Cl.O=C1CCCc2cc(S(=O)(=O)N3CCNCC3c3cccnc3)ccc2N1. The summed E-state index contributed by atoms with van der Waals surface area (Å²) in [5, 5.41) is 6.12. The normalized spacial score (nSPS) is 20.4. The van der Waals surface area contributed by atoms with Crippen molar-refractivity contribution in [3.8, 4) is 0 Å². The van der Waals surface area contributed by atoms with E-state index in [1.54, 1.807) is 34.9 Å². The predicted molar refractivity (Wildman–Crippen MR) is 109 cm³/mol. The summed E-state index contributed by atoms with van der Waals surface area (Å²) in [5.41, 5.74) is 2.45. The Bertz CT molecular complexity index is 953.